The Morgan fingerprint density at radius 2 is 2.00 bits per heavy atom. The zero-order valence-corrected chi connectivity index (χ0v) is 13.2. The van der Waals surface area contributed by atoms with Gasteiger partial charge in [0.2, 0.25) is 0 Å². The average molecular weight is 339 g/mol. The summed E-state index contributed by atoms with van der Waals surface area (Å²) in [5, 5.41) is 0. The van der Waals surface area contributed by atoms with Crippen molar-refractivity contribution in [1.82, 2.24) is 0 Å². The van der Waals surface area contributed by atoms with Gasteiger partial charge in [-0.15, -0.1) is 0 Å². The maximum atomic E-state index is 11.5. The van der Waals surface area contributed by atoms with Gasteiger partial charge in [-0.25, -0.2) is 0 Å². The van der Waals surface area contributed by atoms with Gasteiger partial charge in [-0.3, -0.25) is 4.79 Å². The van der Waals surface area contributed by atoms with Crippen LogP contribution < -0.4 is 4.74 Å². The fourth-order valence-corrected chi connectivity index (χ4v) is 3.97. The summed E-state index contributed by atoms with van der Waals surface area (Å²) in [6.45, 7) is 1.54. The monoisotopic (exact) mass is 338 g/mol. The molecule has 0 unspecified atom stereocenters. The Morgan fingerprint density at radius 3 is 2.50 bits per heavy atom. The van der Waals surface area contributed by atoms with Crippen LogP contribution in [0.1, 0.15) is 31.2 Å². The molecule has 108 valence electrons. The van der Waals surface area contributed by atoms with Gasteiger partial charge in [0.15, 0.2) is 0 Å². The SMILES string of the molecule is COc1ccc(C2(C3CCC(=O)CC3)COC2)cc1Br. The van der Waals surface area contributed by atoms with E-state index in [-0.39, 0.29) is 5.41 Å². The van der Waals surface area contributed by atoms with E-state index < -0.39 is 0 Å². The number of halogens is 1. The van der Waals surface area contributed by atoms with Crippen LogP contribution in [0.2, 0.25) is 0 Å². The fourth-order valence-electron chi connectivity index (χ4n) is 3.43. The molecule has 1 aliphatic heterocycles. The van der Waals surface area contributed by atoms with E-state index >= 15 is 0 Å². The topological polar surface area (TPSA) is 35.5 Å². The van der Waals surface area contributed by atoms with Crippen molar-refractivity contribution >= 4 is 21.7 Å². The molecule has 1 aromatic rings. The normalized spacial score (nSPS) is 22.4. The number of rotatable bonds is 3. The lowest BCUT2D eigenvalue weighted by Gasteiger charge is -2.49. The summed E-state index contributed by atoms with van der Waals surface area (Å²) >= 11 is 3.57. The highest BCUT2D eigenvalue weighted by atomic mass is 79.9. The minimum atomic E-state index is 0.0927. The average Bonchev–Trinajstić information content (AvgIpc) is 2.40. The molecule has 1 aromatic carbocycles. The minimum Gasteiger partial charge on any atom is -0.496 e. The summed E-state index contributed by atoms with van der Waals surface area (Å²) in [6.07, 6.45) is 3.44. The number of hydrogen-bond donors (Lipinski definition) is 0. The molecule has 1 aliphatic carbocycles. The van der Waals surface area contributed by atoms with Gasteiger partial charge in [0, 0.05) is 18.3 Å². The first-order valence-electron chi connectivity index (χ1n) is 7.09. The predicted octanol–water partition coefficient (Wildman–Crippen LogP) is 3.49. The molecule has 1 saturated carbocycles. The highest BCUT2D eigenvalue weighted by Crippen LogP contribution is 2.46. The summed E-state index contributed by atoms with van der Waals surface area (Å²) in [5.74, 6) is 1.81. The van der Waals surface area contributed by atoms with Crippen molar-refractivity contribution in [1.29, 1.82) is 0 Å². The van der Waals surface area contributed by atoms with E-state index in [4.69, 9.17) is 9.47 Å². The van der Waals surface area contributed by atoms with Crippen molar-refractivity contribution in [3.63, 3.8) is 0 Å². The third-order valence-electron chi connectivity index (χ3n) is 4.77. The summed E-state index contributed by atoms with van der Waals surface area (Å²) in [6, 6.07) is 6.30. The molecule has 3 rings (SSSR count). The molecule has 2 aliphatic rings. The van der Waals surface area contributed by atoms with Gasteiger partial charge in [-0.1, -0.05) is 6.07 Å². The summed E-state index contributed by atoms with van der Waals surface area (Å²) in [4.78, 5) is 11.5. The Bertz CT molecular complexity index is 512. The Morgan fingerprint density at radius 1 is 1.30 bits per heavy atom. The Kier molecular flexibility index (Phi) is 3.87. The zero-order chi connectivity index (χ0) is 14.2. The summed E-state index contributed by atoms with van der Waals surface area (Å²) in [7, 11) is 1.68. The molecular weight excluding hydrogens is 320 g/mol. The second-order valence-electron chi connectivity index (χ2n) is 5.81. The second-order valence-corrected chi connectivity index (χ2v) is 6.67. The van der Waals surface area contributed by atoms with Crippen LogP contribution in [0.25, 0.3) is 0 Å². The lowest BCUT2D eigenvalue weighted by Crippen LogP contribution is -2.53. The minimum absolute atomic E-state index is 0.0927. The van der Waals surface area contributed by atoms with Crippen LogP contribution >= 0.6 is 15.9 Å². The highest BCUT2D eigenvalue weighted by Gasteiger charge is 2.47. The van der Waals surface area contributed by atoms with E-state index in [0.717, 1.165) is 49.1 Å². The van der Waals surface area contributed by atoms with Gasteiger partial charge < -0.3 is 9.47 Å². The van der Waals surface area contributed by atoms with E-state index in [0.29, 0.717) is 11.7 Å². The van der Waals surface area contributed by atoms with Crippen LogP contribution in [-0.2, 0) is 14.9 Å². The predicted molar refractivity (Wildman–Crippen MR) is 80.2 cm³/mol. The van der Waals surface area contributed by atoms with Crippen LogP contribution in [-0.4, -0.2) is 26.1 Å². The number of ketones is 1. The van der Waals surface area contributed by atoms with Crippen molar-refractivity contribution in [2.24, 2.45) is 5.92 Å². The first-order chi connectivity index (χ1) is 9.65. The molecule has 1 saturated heterocycles. The maximum absolute atomic E-state index is 11.5. The number of benzene rings is 1. The lowest BCUT2D eigenvalue weighted by molar-refractivity contribution is -0.127. The molecule has 2 fully saturated rings. The number of methoxy groups -OCH3 is 1. The lowest BCUT2D eigenvalue weighted by atomic mass is 9.63. The molecule has 0 atom stereocenters. The van der Waals surface area contributed by atoms with E-state index in [2.05, 4.69) is 28.1 Å². The van der Waals surface area contributed by atoms with Gasteiger partial charge in [-0.2, -0.15) is 0 Å². The molecule has 0 N–H and O–H groups in total. The van der Waals surface area contributed by atoms with Crippen LogP contribution in [0.15, 0.2) is 22.7 Å². The van der Waals surface area contributed by atoms with E-state index in [1.165, 1.54) is 5.56 Å². The van der Waals surface area contributed by atoms with Crippen LogP contribution in [0.5, 0.6) is 5.75 Å². The summed E-state index contributed by atoms with van der Waals surface area (Å²) in [5.41, 5.74) is 1.39. The van der Waals surface area contributed by atoms with Gasteiger partial charge >= 0.3 is 0 Å². The van der Waals surface area contributed by atoms with Crippen molar-refractivity contribution < 1.29 is 14.3 Å². The number of carbonyl (C=O) groups is 1. The quantitative estimate of drug-likeness (QED) is 0.846. The maximum Gasteiger partial charge on any atom is 0.133 e. The highest BCUT2D eigenvalue weighted by molar-refractivity contribution is 9.10. The number of carbonyl (C=O) groups excluding carboxylic acids is 1. The molecule has 4 heteroatoms. The molecule has 0 amide bonds. The molecule has 0 bridgehead atoms. The Labute approximate surface area is 127 Å². The second kappa shape index (κ2) is 5.49. The van der Waals surface area contributed by atoms with E-state index in [9.17, 15) is 4.79 Å². The van der Waals surface area contributed by atoms with E-state index in [1.54, 1.807) is 7.11 Å². The zero-order valence-electron chi connectivity index (χ0n) is 11.7. The first-order valence-corrected chi connectivity index (χ1v) is 7.88. The van der Waals surface area contributed by atoms with Crippen LogP contribution in [0.4, 0.5) is 0 Å². The number of ether oxygens (including phenoxy) is 2. The van der Waals surface area contributed by atoms with Gasteiger partial charge in [-0.05, 0) is 52.4 Å². The smallest absolute Gasteiger partial charge is 0.133 e. The summed E-state index contributed by atoms with van der Waals surface area (Å²) < 4.78 is 11.8. The number of Topliss-reactive ketones (excluding diaryl/α,β-unsaturated/α-hetero) is 1. The van der Waals surface area contributed by atoms with Gasteiger partial charge in [0.1, 0.15) is 11.5 Å². The van der Waals surface area contributed by atoms with E-state index in [1.807, 2.05) is 6.07 Å². The molecule has 0 radical (unpaired) electrons. The first kappa shape index (κ1) is 14.1. The standard InChI is InChI=1S/C16H19BrO3/c1-19-15-7-4-12(8-14(15)17)16(9-20-10-16)11-2-5-13(18)6-3-11/h4,7-8,11H,2-3,5-6,9-10H2,1H3. The fraction of sp³-hybridized carbons (Fsp3) is 0.562. The molecule has 0 spiro atoms. The third-order valence-corrected chi connectivity index (χ3v) is 5.39. The van der Waals surface area contributed by atoms with Crippen LogP contribution in [0, 0.1) is 5.92 Å². The molecule has 3 nitrogen and oxygen atoms in total. The Balaban J connectivity index is 1.88. The largest absolute Gasteiger partial charge is 0.496 e. The van der Waals surface area contributed by atoms with Gasteiger partial charge in [0.25, 0.3) is 0 Å². The van der Waals surface area contributed by atoms with Gasteiger partial charge in [0.05, 0.1) is 24.8 Å². The van der Waals surface area contributed by atoms with Crippen LogP contribution in [0.3, 0.4) is 0 Å². The Hall–Kier alpha value is -0.870. The molecule has 20 heavy (non-hydrogen) atoms. The number of hydrogen-bond acceptors (Lipinski definition) is 3. The third kappa shape index (κ3) is 2.29. The van der Waals surface area contributed by atoms with Crippen molar-refractivity contribution in [2.75, 3.05) is 20.3 Å². The molecular formula is C16H19BrO3. The molecule has 1 heterocycles. The van der Waals surface area contributed by atoms with Crippen molar-refractivity contribution in [3.05, 3.63) is 28.2 Å². The van der Waals surface area contributed by atoms with Crippen molar-refractivity contribution in [3.8, 4) is 5.75 Å². The van der Waals surface area contributed by atoms with Crippen molar-refractivity contribution in [2.45, 2.75) is 31.1 Å². The molecule has 0 aromatic heterocycles.